The van der Waals surface area contributed by atoms with Crippen LogP contribution in [0.15, 0.2) is 0 Å². The molecule has 2 fully saturated rings. The molecule has 0 aromatic rings. The van der Waals surface area contributed by atoms with Crippen LogP contribution in [0.4, 0.5) is 0 Å². The van der Waals surface area contributed by atoms with E-state index < -0.39 is 0 Å². The Labute approximate surface area is 92.9 Å². The summed E-state index contributed by atoms with van der Waals surface area (Å²) in [7, 11) is 0. The molecule has 2 aliphatic rings. The minimum absolute atomic E-state index is 0.000768. The summed E-state index contributed by atoms with van der Waals surface area (Å²) in [6, 6.07) is 0.724. The van der Waals surface area contributed by atoms with Crippen LogP contribution >= 0.6 is 0 Å². The third-order valence-corrected chi connectivity index (χ3v) is 3.61. The highest BCUT2D eigenvalue weighted by atomic mass is 15.3. The molecule has 0 radical (unpaired) electrons. The topological polar surface area (TPSA) is 30.3 Å². The molecule has 86 valence electrons. The molecule has 0 aromatic carbocycles. The minimum atomic E-state index is 0.000768. The Balaban J connectivity index is 1.98. The molecule has 0 saturated carbocycles. The molecule has 1 atom stereocenters. The third-order valence-electron chi connectivity index (χ3n) is 3.61. The molecule has 1 unspecified atom stereocenters. The molecule has 15 heavy (non-hydrogen) atoms. The molecule has 2 heterocycles. The van der Waals surface area contributed by atoms with E-state index in [0.29, 0.717) is 0 Å². The van der Waals surface area contributed by atoms with Gasteiger partial charge >= 0.3 is 0 Å². The monoisotopic (exact) mass is 209 g/mol. The van der Waals surface area contributed by atoms with Gasteiger partial charge in [-0.15, -0.1) is 0 Å². The Morgan fingerprint density at radius 3 is 2.60 bits per heavy atom. The van der Waals surface area contributed by atoms with Crippen LogP contribution in [-0.4, -0.2) is 47.9 Å². The van der Waals surface area contributed by atoms with Crippen molar-refractivity contribution in [3.05, 3.63) is 0 Å². The van der Waals surface area contributed by atoms with Crippen LogP contribution < -0.4 is 0 Å². The van der Waals surface area contributed by atoms with E-state index in [0.717, 1.165) is 31.5 Å². The molecule has 0 bridgehead atoms. The molecular formula is C12H23N3. The van der Waals surface area contributed by atoms with E-state index in [1.165, 1.54) is 19.4 Å². The van der Waals surface area contributed by atoms with Crippen molar-refractivity contribution in [3.63, 3.8) is 0 Å². The van der Waals surface area contributed by atoms with Gasteiger partial charge in [0.15, 0.2) is 0 Å². The maximum absolute atomic E-state index is 8.19. The molecular weight excluding hydrogens is 186 g/mol. The van der Waals surface area contributed by atoms with Gasteiger partial charge in [-0.1, -0.05) is 20.8 Å². The number of rotatable bonds is 0. The van der Waals surface area contributed by atoms with Gasteiger partial charge in [0.05, 0.1) is 0 Å². The van der Waals surface area contributed by atoms with Gasteiger partial charge in [0.2, 0.25) is 0 Å². The van der Waals surface area contributed by atoms with E-state index in [1.54, 1.807) is 0 Å². The van der Waals surface area contributed by atoms with E-state index >= 15 is 0 Å². The Morgan fingerprint density at radius 1 is 1.20 bits per heavy atom. The van der Waals surface area contributed by atoms with Gasteiger partial charge in [-0.05, 0) is 19.4 Å². The number of fused-ring (bicyclic) bond motifs is 1. The molecule has 3 nitrogen and oxygen atoms in total. The van der Waals surface area contributed by atoms with Crippen molar-refractivity contribution in [2.75, 3.05) is 26.2 Å². The molecule has 3 heteroatoms. The van der Waals surface area contributed by atoms with Gasteiger partial charge in [-0.2, -0.15) is 0 Å². The first-order valence-corrected chi connectivity index (χ1v) is 6.06. The second-order valence-corrected chi connectivity index (χ2v) is 5.88. The van der Waals surface area contributed by atoms with Crippen molar-refractivity contribution >= 4 is 5.84 Å². The van der Waals surface area contributed by atoms with Crippen LogP contribution in [0.5, 0.6) is 0 Å². The first-order chi connectivity index (χ1) is 6.98. The molecule has 2 saturated heterocycles. The van der Waals surface area contributed by atoms with Crippen molar-refractivity contribution in [1.82, 2.24) is 9.80 Å². The summed E-state index contributed by atoms with van der Waals surface area (Å²) in [4.78, 5) is 4.87. The fourth-order valence-electron chi connectivity index (χ4n) is 2.67. The quantitative estimate of drug-likeness (QED) is 0.487. The smallest absolute Gasteiger partial charge is 0.101 e. The highest BCUT2D eigenvalue weighted by Crippen LogP contribution is 2.25. The fourth-order valence-corrected chi connectivity index (χ4v) is 2.67. The number of nitrogens with zero attached hydrogens (tertiary/aromatic N) is 2. The summed E-state index contributed by atoms with van der Waals surface area (Å²) in [6.07, 6.45) is 2.68. The van der Waals surface area contributed by atoms with Gasteiger partial charge in [-0.25, -0.2) is 0 Å². The van der Waals surface area contributed by atoms with E-state index in [4.69, 9.17) is 5.41 Å². The fraction of sp³-hybridized carbons (Fsp3) is 0.917. The SMILES string of the molecule is CC(C)(C)C(=N)N1CCN2CCCC2C1. The standard InChI is InChI=1S/C12H23N3/c1-12(2,3)11(13)15-8-7-14-6-4-5-10(14)9-15/h10,13H,4-9H2,1-3H3. The van der Waals surface area contributed by atoms with E-state index in [-0.39, 0.29) is 5.41 Å². The van der Waals surface area contributed by atoms with E-state index in [2.05, 4.69) is 30.6 Å². The maximum atomic E-state index is 8.19. The lowest BCUT2D eigenvalue weighted by Gasteiger charge is -2.41. The number of amidine groups is 1. The predicted molar refractivity (Wildman–Crippen MR) is 63.3 cm³/mol. The summed E-state index contributed by atoms with van der Waals surface area (Å²) in [5, 5.41) is 8.19. The van der Waals surface area contributed by atoms with Gasteiger partial charge in [0.25, 0.3) is 0 Å². The van der Waals surface area contributed by atoms with Crippen LogP contribution in [0.1, 0.15) is 33.6 Å². The molecule has 0 amide bonds. The molecule has 2 rings (SSSR count). The van der Waals surface area contributed by atoms with Gasteiger partial charge < -0.3 is 4.90 Å². The second kappa shape index (κ2) is 3.78. The maximum Gasteiger partial charge on any atom is 0.101 e. The van der Waals surface area contributed by atoms with Crippen LogP contribution in [0.3, 0.4) is 0 Å². The predicted octanol–water partition coefficient (Wildman–Crippen LogP) is 1.79. The van der Waals surface area contributed by atoms with Crippen molar-refractivity contribution in [2.24, 2.45) is 5.41 Å². The Kier molecular flexibility index (Phi) is 2.75. The zero-order valence-corrected chi connectivity index (χ0v) is 10.2. The van der Waals surface area contributed by atoms with Crippen molar-refractivity contribution in [2.45, 2.75) is 39.7 Å². The van der Waals surface area contributed by atoms with E-state index in [9.17, 15) is 0 Å². The summed E-state index contributed by atoms with van der Waals surface area (Å²) in [5.74, 6) is 0.814. The third kappa shape index (κ3) is 2.17. The van der Waals surface area contributed by atoms with Gasteiger partial charge in [0.1, 0.15) is 5.84 Å². The average Bonchev–Trinajstić information content (AvgIpc) is 2.61. The van der Waals surface area contributed by atoms with Crippen LogP contribution in [-0.2, 0) is 0 Å². The summed E-state index contributed by atoms with van der Waals surface area (Å²) < 4.78 is 0. The van der Waals surface area contributed by atoms with Crippen LogP contribution in [0, 0.1) is 10.8 Å². The highest BCUT2D eigenvalue weighted by Gasteiger charge is 2.33. The van der Waals surface area contributed by atoms with Gasteiger partial charge in [-0.3, -0.25) is 10.3 Å². The largest absolute Gasteiger partial charge is 0.357 e. The lowest BCUT2D eigenvalue weighted by Crippen LogP contribution is -2.54. The summed E-state index contributed by atoms with van der Waals surface area (Å²) >= 11 is 0. The molecule has 0 spiro atoms. The zero-order chi connectivity index (χ0) is 11.1. The number of hydrogen-bond acceptors (Lipinski definition) is 2. The first-order valence-electron chi connectivity index (χ1n) is 6.06. The lowest BCUT2D eigenvalue weighted by atomic mass is 9.93. The Bertz CT molecular complexity index is 254. The second-order valence-electron chi connectivity index (χ2n) is 5.88. The highest BCUT2D eigenvalue weighted by molar-refractivity contribution is 5.84. The van der Waals surface area contributed by atoms with Crippen molar-refractivity contribution in [1.29, 1.82) is 5.41 Å². The molecule has 0 aromatic heterocycles. The Morgan fingerprint density at radius 2 is 1.93 bits per heavy atom. The minimum Gasteiger partial charge on any atom is -0.357 e. The normalized spacial score (nSPS) is 27.9. The van der Waals surface area contributed by atoms with Crippen molar-refractivity contribution < 1.29 is 0 Å². The lowest BCUT2D eigenvalue weighted by molar-refractivity contribution is 0.144. The molecule has 2 aliphatic heterocycles. The number of piperazine rings is 1. The first kappa shape index (κ1) is 10.9. The number of nitrogens with one attached hydrogen (secondary N) is 1. The average molecular weight is 209 g/mol. The molecule has 0 aliphatic carbocycles. The molecule has 1 N–H and O–H groups in total. The van der Waals surface area contributed by atoms with E-state index in [1.807, 2.05) is 0 Å². The summed E-state index contributed by atoms with van der Waals surface area (Å²) in [6.45, 7) is 11.0. The Hall–Kier alpha value is -0.570. The zero-order valence-electron chi connectivity index (χ0n) is 10.2. The van der Waals surface area contributed by atoms with Crippen LogP contribution in [0.25, 0.3) is 0 Å². The van der Waals surface area contributed by atoms with Gasteiger partial charge in [0, 0.05) is 31.1 Å². The summed E-state index contributed by atoms with van der Waals surface area (Å²) in [5.41, 5.74) is 0.000768. The number of hydrogen-bond donors (Lipinski definition) is 1. The van der Waals surface area contributed by atoms with Crippen LogP contribution in [0.2, 0.25) is 0 Å². The van der Waals surface area contributed by atoms with Crippen molar-refractivity contribution in [3.8, 4) is 0 Å².